The van der Waals surface area contributed by atoms with Crippen molar-refractivity contribution in [2.75, 3.05) is 13.6 Å². The maximum absolute atomic E-state index is 2.49. The molecular formula is C13H21N. The van der Waals surface area contributed by atoms with Crippen molar-refractivity contribution in [1.82, 2.24) is 4.90 Å². The Morgan fingerprint density at radius 3 is 2.93 bits per heavy atom. The number of hydrogen-bond acceptors (Lipinski definition) is 1. The molecule has 0 saturated carbocycles. The Kier molecular flexibility index (Phi) is 2.78. The van der Waals surface area contributed by atoms with E-state index in [1.165, 1.54) is 19.3 Å². The van der Waals surface area contributed by atoms with E-state index < -0.39 is 0 Å². The van der Waals surface area contributed by atoms with Crippen molar-refractivity contribution < 1.29 is 0 Å². The Morgan fingerprint density at radius 1 is 1.36 bits per heavy atom. The summed E-state index contributed by atoms with van der Waals surface area (Å²) >= 11 is 0. The van der Waals surface area contributed by atoms with E-state index in [9.17, 15) is 0 Å². The van der Waals surface area contributed by atoms with E-state index >= 15 is 0 Å². The molecule has 0 bridgehead atoms. The lowest BCUT2D eigenvalue weighted by molar-refractivity contribution is 0.223. The molecule has 2 atom stereocenters. The summed E-state index contributed by atoms with van der Waals surface area (Å²) in [7, 11) is 2.25. The van der Waals surface area contributed by atoms with Crippen LogP contribution in [-0.4, -0.2) is 24.5 Å². The highest BCUT2D eigenvalue weighted by molar-refractivity contribution is 5.32. The quantitative estimate of drug-likeness (QED) is 0.569. The van der Waals surface area contributed by atoms with Gasteiger partial charge in [-0.2, -0.15) is 0 Å². The summed E-state index contributed by atoms with van der Waals surface area (Å²) in [5, 5.41) is 0. The smallest absolute Gasteiger partial charge is 0.0233 e. The molecule has 1 heteroatoms. The first-order valence-electron chi connectivity index (χ1n) is 5.76. The van der Waals surface area contributed by atoms with Gasteiger partial charge in [0.15, 0.2) is 0 Å². The van der Waals surface area contributed by atoms with Crippen LogP contribution in [0.25, 0.3) is 0 Å². The fourth-order valence-corrected chi connectivity index (χ4v) is 2.57. The van der Waals surface area contributed by atoms with Gasteiger partial charge in [0.05, 0.1) is 0 Å². The second-order valence-corrected chi connectivity index (χ2v) is 4.91. The molecule has 0 radical (unpaired) electrons. The second kappa shape index (κ2) is 3.90. The van der Waals surface area contributed by atoms with Crippen LogP contribution in [0.1, 0.15) is 33.1 Å². The number of likely N-dealkylation sites (N-methyl/N-ethyl adjacent to an activating group) is 1. The average molecular weight is 191 g/mol. The van der Waals surface area contributed by atoms with Gasteiger partial charge in [0, 0.05) is 12.6 Å². The summed E-state index contributed by atoms with van der Waals surface area (Å²) in [6, 6.07) is 0.717. The molecule has 1 nitrogen and oxygen atoms in total. The lowest BCUT2D eigenvalue weighted by Gasteiger charge is -2.26. The Labute approximate surface area is 87.5 Å². The highest BCUT2D eigenvalue weighted by atomic mass is 15.1. The standard InChI is InChI=1S/C13H21N/c1-10-8-12-6-4-5-7-13(12)9-14(3)11(10)2/h5,7,10-11H,4,6,8-9H2,1-3H3. The molecule has 2 aliphatic rings. The van der Waals surface area contributed by atoms with Crippen molar-refractivity contribution >= 4 is 0 Å². The van der Waals surface area contributed by atoms with Crippen molar-refractivity contribution in [1.29, 1.82) is 0 Å². The zero-order valence-electron chi connectivity index (χ0n) is 9.59. The van der Waals surface area contributed by atoms with Gasteiger partial charge < -0.3 is 0 Å². The third kappa shape index (κ3) is 1.78. The molecule has 0 amide bonds. The lowest BCUT2D eigenvalue weighted by Crippen LogP contribution is -2.33. The van der Waals surface area contributed by atoms with E-state index in [0.29, 0.717) is 6.04 Å². The van der Waals surface area contributed by atoms with Crippen molar-refractivity contribution in [2.45, 2.75) is 39.2 Å². The Bertz CT molecular complexity index is 275. The fourth-order valence-electron chi connectivity index (χ4n) is 2.57. The van der Waals surface area contributed by atoms with Crippen molar-refractivity contribution in [3.05, 3.63) is 23.3 Å². The van der Waals surface area contributed by atoms with Crippen LogP contribution in [0.4, 0.5) is 0 Å². The molecule has 2 unspecified atom stereocenters. The highest BCUT2D eigenvalue weighted by Gasteiger charge is 2.24. The molecule has 0 fully saturated rings. The topological polar surface area (TPSA) is 3.24 Å². The second-order valence-electron chi connectivity index (χ2n) is 4.91. The number of allylic oxidation sites excluding steroid dienone is 2. The third-order valence-electron chi connectivity index (χ3n) is 3.89. The van der Waals surface area contributed by atoms with Crippen molar-refractivity contribution in [3.63, 3.8) is 0 Å². The van der Waals surface area contributed by atoms with Gasteiger partial charge in [-0.15, -0.1) is 0 Å². The SMILES string of the molecule is CC1CC2=C(C=CCC2)CN(C)C1C. The van der Waals surface area contributed by atoms with E-state index in [0.717, 1.165) is 12.5 Å². The molecule has 2 rings (SSSR count). The number of hydrogen-bond donors (Lipinski definition) is 0. The van der Waals surface area contributed by atoms with Crippen LogP contribution in [0, 0.1) is 5.92 Å². The summed E-state index contributed by atoms with van der Waals surface area (Å²) < 4.78 is 0. The van der Waals surface area contributed by atoms with Gasteiger partial charge in [-0.1, -0.05) is 24.6 Å². The molecule has 0 N–H and O–H groups in total. The molecule has 0 aromatic heterocycles. The zero-order chi connectivity index (χ0) is 10.1. The van der Waals surface area contributed by atoms with Gasteiger partial charge in [0.25, 0.3) is 0 Å². The van der Waals surface area contributed by atoms with E-state index in [-0.39, 0.29) is 0 Å². The zero-order valence-corrected chi connectivity index (χ0v) is 9.59. The molecule has 0 aromatic rings. The normalized spacial score (nSPS) is 34.2. The average Bonchev–Trinajstić information content (AvgIpc) is 2.28. The predicted molar refractivity (Wildman–Crippen MR) is 61.3 cm³/mol. The van der Waals surface area contributed by atoms with E-state index in [2.05, 4.69) is 37.9 Å². The summed E-state index contributed by atoms with van der Waals surface area (Å²) in [6.45, 7) is 5.89. The summed E-state index contributed by atoms with van der Waals surface area (Å²) in [4.78, 5) is 2.49. The summed E-state index contributed by atoms with van der Waals surface area (Å²) in [6.07, 6.45) is 8.54. The van der Waals surface area contributed by atoms with Gasteiger partial charge in [-0.3, -0.25) is 4.90 Å². The van der Waals surface area contributed by atoms with E-state index in [1.807, 2.05) is 0 Å². The van der Waals surface area contributed by atoms with Crippen LogP contribution in [-0.2, 0) is 0 Å². The van der Waals surface area contributed by atoms with Crippen LogP contribution >= 0.6 is 0 Å². The van der Waals surface area contributed by atoms with Crippen LogP contribution < -0.4 is 0 Å². The molecular weight excluding hydrogens is 170 g/mol. The van der Waals surface area contributed by atoms with E-state index in [1.54, 1.807) is 11.1 Å². The van der Waals surface area contributed by atoms with Crippen LogP contribution in [0.2, 0.25) is 0 Å². The largest absolute Gasteiger partial charge is 0.299 e. The highest BCUT2D eigenvalue weighted by Crippen LogP contribution is 2.31. The number of nitrogens with zero attached hydrogens (tertiary/aromatic N) is 1. The first-order valence-corrected chi connectivity index (χ1v) is 5.76. The monoisotopic (exact) mass is 191 g/mol. The molecule has 1 heterocycles. The van der Waals surface area contributed by atoms with Gasteiger partial charge >= 0.3 is 0 Å². The Balaban J connectivity index is 2.23. The van der Waals surface area contributed by atoms with Crippen LogP contribution in [0.3, 0.4) is 0 Å². The Hall–Kier alpha value is -0.560. The molecule has 0 aromatic carbocycles. The summed E-state index contributed by atoms with van der Waals surface area (Å²) in [5.41, 5.74) is 3.31. The van der Waals surface area contributed by atoms with Gasteiger partial charge in [0.2, 0.25) is 0 Å². The molecule has 78 valence electrons. The fraction of sp³-hybridized carbons (Fsp3) is 0.692. The van der Waals surface area contributed by atoms with Gasteiger partial charge in [0.1, 0.15) is 0 Å². The molecule has 14 heavy (non-hydrogen) atoms. The first-order chi connectivity index (χ1) is 6.68. The third-order valence-corrected chi connectivity index (χ3v) is 3.89. The minimum absolute atomic E-state index is 0.717. The molecule has 1 aliphatic carbocycles. The van der Waals surface area contributed by atoms with Gasteiger partial charge in [-0.05, 0) is 44.7 Å². The maximum atomic E-state index is 2.49. The van der Waals surface area contributed by atoms with Crippen molar-refractivity contribution in [3.8, 4) is 0 Å². The minimum Gasteiger partial charge on any atom is -0.299 e. The molecule has 1 aliphatic heterocycles. The first kappa shape index (κ1) is 9.97. The van der Waals surface area contributed by atoms with Crippen LogP contribution in [0.5, 0.6) is 0 Å². The predicted octanol–water partition coefficient (Wildman–Crippen LogP) is 2.99. The van der Waals surface area contributed by atoms with Crippen molar-refractivity contribution in [2.24, 2.45) is 5.92 Å². The molecule has 0 spiro atoms. The minimum atomic E-state index is 0.717. The molecule has 0 saturated heterocycles. The maximum Gasteiger partial charge on any atom is 0.0233 e. The van der Waals surface area contributed by atoms with E-state index in [4.69, 9.17) is 0 Å². The Morgan fingerprint density at radius 2 is 2.14 bits per heavy atom. The van der Waals surface area contributed by atoms with Gasteiger partial charge in [-0.25, -0.2) is 0 Å². The van der Waals surface area contributed by atoms with Crippen LogP contribution in [0.15, 0.2) is 23.3 Å². The summed E-state index contributed by atoms with van der Waals surface area (Å²) in [5.74, 6) is 0.805. The number of rotatable bonds is 0. The lowest BCUT2D eigenvalue weighted by atomic mass is 9.89.